The summed E-state index contributed by atoms with van der Waals surface area (Å²) in [6.45, 7) is 4.33. The molecule has 0 saturated carbocycles. The van der Waals surface area contributed by atoms with Crippen LogP contribution in [0.1, 0.15) is 52.4 Å². The Morgan fingerprint density at radius 2 is 1.77 bits per heavy atom. The molecule has 1 rings (SSSR count). The number of aliphatic carboxylic acids is 1. The lowest BCUT2D eigenvalue weighted by molar-refractivity contribution is -0.131. The maximum Gasteiger partial charge on any atom is 0.328 e. The Balaban J connectivity index is 2.40. The van der Waals surface area contributed by atoms with E-state index in [4.69, 9.17) is 15.6 Å². The van der Waals surface area contributed by atoms with Crippen LogP contribution in [-0.4, -0.2) is 29.1 Å². The van der Waals surface area contributed by atoms with Crippen LogP contribution in [0.2, 0.25) is 0 Å². The van der Waals surface area contributed by atoms with E-state index >= 15 is 0 Å². The minimum atomic E-state index is -1.41. The molecule has 144 valence electrons. The number of hydrogen-bond donors (Lipinski definition) is 3. The fourth-order valence-electron chi connectivity index (χ4n) is 2.29. The third-order valence-electron chi connectivity index (χ3n) is 3.94. The Hall–Kier alpha value is -2.34. The van der Waals surface area contributed by atoms with Crippen molar-refractivity contribution < 1.29 is 19.4 Å². The molecule has 0 aliphatic heterocycles. The molecule has 0 spiro atoms. The standard InChI is InChI=1S/C20H30N2O4/c1-3-4-5-6-7-8-15-26-17-11-9-16(10-12-17)22-19(25)20(2,21)14-13-18(23)24/h9-14H,3-8,15,21H2,1-2H3,(H,22,25)(H,23,24)/b14-13+. The molecule has 1 aromatic rings. The van der Waals surface area contributed by atoms with Gasteiger partial charge in [0.2, 0.25) is 5.91 Å². The van der Waals surface area contributed by atoms with Crippen molar-refractivity contribution in [1.82, 2.24) is 0 Å². The molecule has 6 heteroatoms. The van der Waals surface area contributed by atoms with Crippen molar-refractivity contribution in [1.29, 1.82) is 0 Å². The summed E-state index contributed by atoms with van der Waals surface area (Å²) in [6, 6.07) is 7.03. The zero-order valence-electron chi connectivity index (χ0n) is 15.7. The average Bonchev–Trinajstić information content (AvgIpc) is 2.60. The lowest BCUT2D eigenvalue weighted by Gasteiger charge is -2.19. The van der Waals surface area contributed by atoms with Crippen molar-refractivity contribution in [2.75, 3.05) is 11.9 Å². The molecule has 4 N–H and O–H groups in total. The number of carboxylic acids is 1. The summed E-state index contributed by atoms with van der Waals surface area (Å²) in [5.74, 6) is -0.894. The van der Waals surface area contributed by atoms with E-state index in [1.165, 1.54) is 39.0 Å². The summed E-state index contributed by atoms with van der Waals surface area (Å²) in [5.41, 5.74) is 4.98. The van der Waals surface area contributed by atoms with E-state index in [9.17, 15) is 9.59 Å². The third kappa shape index (κ3) is 8.67. The molecular formula is C20H30N2O4. The van der Waals surface area contributed by atoms with Crippen molar-refractivity contribution in [3.05, 3.63) is 36.4 Å². The van der Waals surface area contributed by atoms with Crippen molar-refractivity contribution >= 4 is 17.6 Å². The first kappa shape index (κ1) is 21.7. The number of amides is 1. The number of nitrogens with two attached hydrogens (primary N) is 1. The number of hydrogen-bond acceptors (Lipinski definition) is 4. The zero-order valence-corrected chi connectivity index (χ0v) is 15.7. The zero-order chi connectivity index (χ0) is 19.4. The van der Waals surface area contributed by atoms with Gasteiger partial charge in [0.1, 0.15) is 11.3 Å². The monoisotopic (exact) mass is 362 g/mol. The lowest BCUT2D eigenvalue weighted by atomic mass is 10.0. The quantitative estimate of drug-likeness (QED) is 0.388. The molecule has 0 heterocycles. The molecule has 0 aliphatic rings. The summed E-state index contributed by atoms with van der Waals surface area (Å²) in [5, 5.41) is 11.3. The second kappa shape index (κ2) is 11.3. The highest BCUT2D eigenvalue weighted by Crippen LogP contribution is 2.17. The van der Waals surface area contributed by atoms with Gasteiger partial charge in [0, 0.05) is 11.8 Å². The van der Waals surface area contributed by atoms with Gasteiger partial charge >= 0.3 is 5.97 Å². The Labute approximate surface area is 155 Å². The van der Waals surface area contributed by atoms with Gasteiger partial charge in [-0.2, -0.15) is 0 Å². The molecule has 0 bridgehead atoms. The first-order chi connectivity index (χ1) is 12.3. The molecule has 6 nitrogen and oxygen atoms in total. The van der Waals surface area contributed by atoms with E-state index in [0.29, 0.717) is 12.3 Å². The molecule has 26 heavy (non-hydrogen) atoms. The maximum absolute atomic E-state index is 12.1. The maximum atomic E-state index is 12.1. The number of anilines is 1. The van der Waals surface area contributed by atoms with Crippen LogP contribution in [0.5, 0.6) is 5.75 Å². The van der Waals surface area contributed by atoms with Crippen LogP contribution >= 0.6 is 0 Å². The molecule has 0 fully saturated rings. The molecule has 1 atom stereocenters. The van der Waals surface area contributed by atoms with E-state index in [2.05, 4.69) is 12.2 Å². The predicted octanol–water partition coefficient (Wildman–Crippen LogP) is 3.72. The van der Waals surface area contributed by atoms with Crippen LogP contribution in [0.4, 0.5) is 5.69 Å². The fourth-order valence-corrected chi connectivity index (χ4v) is 2.29. The molecule has 0 saturated heterocycles. The second-order valence-corrected chi connectivity index (χ2v) is 6.55. The molecule has 0 aliphatic carbocycles. The van der Waals surface area contributed by atoms with Gasteiger partial charge in [-0.05, 0) is 43.7 Å². The number of benzene rings is 1. The van der Waals surface area contributed by atoms with Crippen LogP contribution in [0, 0.1) is 0 Å². The Morgan fingerprint density at radius 1 is 1.15 bits per heavy atom. The Kier molecular flexibility index (Phi) is 9.44. The first-order valence-electron chi connectivity index (χ1n) is 9.10. The Bertz CT molecular complexity index is 594. The average molecular weight is 362 g/mol. The topological polar surface area (TPSA) is 102 Å². The van der Waals surface area contributed by atoms with E-state index in [-0.39, 0.29) is 0 Å². The van der Waals surface area contributed by atoms with Crippen LogP contribution < -0.4 is 15.8 Å². The smallest absolute Gasteiger partial charge is 0.328 e. The molecule has 1 aromatic carbocycles. The highest BCUT2D eigenvalue weighted by atomic mass is 16.5. The minimum Gasteiger partial charge on any atom is -0.494 e. The number of nitrogens with one attached hydrogen (secondary N) is 1. The van der Waals surface area contributed by atoms with Crippen molar-refractivity contribution in [2.24, 2.45) is 5.73 Å². The van der Waals surface area contributed by atoms with Gasteiger partial charge < -0.3 is 20.9 Å². The van der Waals surface area contributed by atoms with Crippen molar-refractivity contribution in [3.8, 4) is 5.75 Å². The largest absolute Gasteiger partial charge is 0.494 e. The van der Waals surface area contributed by atoms with Gasteiger partial charge in [-0.3, -0.25) is 4.79 Å². The summed E-state index contributed by atoms with van der Waals surface area (Å²) in [6.07, 6.45) is 9.29. The van der Waals surface area contributed by atoms with Gasteiger partial charge in [-0.25, -0.2) is 4.79 Å². The van der Waals surface area contributed by atoms with Crippen molar-refractivity contribution in [2.45, 2.75) is 57.9 Å². The highest BCUT2D eigenvalue weighted by Gasteiger charge is 2.25. The fraction of sp³-hybridized carbons (Fsp3) is 0.500. The van der Waals surface area contributed by atoms with Gasteiger partial charge in [0.05, 0.1) is 6.61 Å². The molecule has 1 unspecified atom stereocenters. The van der Waals surface area contributed by atoms with Crippen LogP contribution in [-0.2, 0) is 9.59 Å². The van der Waals surface area contributed by atoms with E-state index < -0.39 is 17.4 Å². The SMILES string of the molecule is CCCCCCCCOc1ccc(NC(=O)C(C)(N)/C=C/C(=O)O)cc1. The number of rotatable bonds is 12. The predicted molar refractivity (Wildman–Crippen MR) is 103 cm³/mol. The molecule has 1 amide bonds. The number of unbranched alkanes of at least 4 members (excludes halogenated alkanes) is 5. The van der Waals surface area contributed by atoms with Gasteiger partial charge in [-0.15, -0.1) is 0 Å². The number of carbonyl (C=O) groups is 2. The normalized spacial score (nSPS) is 13.3. The molecule has 0 radical (unpaired) electrons. The number of carbonyl (C=O) groups excluding carboxylic acids is 1. The summed E-state index contributed by atoms with van der Waals surface area (Å²) >= 11 is 0. The van der Waals surface area contributed by atoms with Gasteiger partial charge in [0.15, 0.2) is 0 Å². The molecule has 0 aromatic heterocycles. The van der Waals surface area contributed by atoms with Gasteiger partial charge in [0.25, 0.3) is 0 Å². The molecular weight excluding hydrogens is 332 g/mol. The number of ether oxygens (including phenoxy) is 1. The van der Waals surface area contributed by atoms with E-state index in [1.807, 2.05) is 0 Å². The highest BCUT2D eigenvalue weighted by molar-refractivity contribution is 5.99. The third-order valence-corrected chi connectivity index (χ3v) is 3.94. The summed E-state index contributed by atoms with van der Waals surface area (Å²) in [7, 11) is 0. The van der Waals surface area contributed by atoms with Crippen LogP contribution in [0.3, 0.4) is 0 Å². The number of carboxylic acid groups (broad SMARTS) is 1. The summed E-state index contributed by atoms with van der Waals surface area (Å²) < 4.78 is 5.69. The second-order valence-electron chi connectivity index (χ2n) is 6.55. The van der Waals surface area contributed by atoms with Crippen molar-refractivity contribution in [3.63, 3.8) is 0 Å². The van der Waals surface area contributed by atoms with Gasteiger partial charge in [-0.1, -0.05) is 39.0 Å². The summed E-state index contributed by atoms with van der Waals surface area (Å²) in [4.78, 5) is 22.7. The Morgan fingerprint density at radius 3 is 2.38 bits per heavy atom. The van der Waals surface area contributed by atoms with E-state index in [0.717, 1.165) is 24.3 Å². The first-order valence-corrected chi connectivity index (χ1v) is 9.10. The van der Waals surface area contributed by atoms with E-state index in [1.54, 1.807) is 24.3 Å². The lowest BCUT2D eigenvalue weighted by Crippen LogP contribution is -2.46. The van der Waals surface area contributed by atoms with Crippen LogP contribution in [0.25, 0.3) is 0 Å². The van der Waals surface area contributed by atoms with Crippen LogP contribution in [0.15, 0.2) is 36.4 Å². The minimum absolute atomic E-state index is 0.490.